The Morgan fingerprint density at radius 2 is 2.17 bits per heavy atom. The summed E-state index contributed by atoms with van der Waals surface area (Å²) in [5.41, 5.74) is 5.51. The first kappa shape index (κ1) is 10.4. The van der Waals surface area contributed by atoms with E-state index in [4.69, 9.17) is 5.73 Å². The van der Waals surface area contributed by atoms with Gasteiger partial charge in [-0.05, 0) is 38.9 Å². The van der Waals surface area contributed by atoms with Crippen molar-refractivity contribution in [3.8, 4) is 0 Å². The van der Waals surface area contributed by atoms with Gasteiger partial charge in [-0.15, -0.1) is 0 Å². The molecule has 0 saturated carbocycles. The van der Waals surface area contributed by atoms with E-state index in [1.165, 1.54) is 25.9 Å². The molecule has 1 saturated heterocycles. The van der Waals surface area contributed by atoms with Crippen molar-refractivity contribution in [2.45, 2.75) is 36.7 Å². The highest BCUT2D eigenvalue weighted by Crippen LogP contribution is 2.25. The van der Waals surface area contributed by atoms with Crippen LogP contribution in [0, 0.1) is 0 Å². The third-order valence-electron chi connectivity index (χ3n) is 2.28. The third-order valence-corrected chi connectivity index (χ3v) is 3.84. The standard InChI is InChI=1S/C9H20N2S/c1-8(2-5-10)12-9-3-6-11-7-4-9/h8-9,11H,2-7,10H2,1H3. The highest BCUT2D eigenvalue weighted by atomic mass is 32.2. The Balaban J connectivity index is 2.11. The van der Waals surface area contributed by atoms with Gasteiger partial charge in [0, 0.05) is 10.5 Å². The van der Waals surface area contributed by atoms with Crippen LogP contribution in [0.25, 0.3) is 0 Å². The van der Waals surface area contributed by atoms with E-state index in [-0.39, 0.29) is 0 Å². The molecule has 1 aliphatic rings. The topological polar surface area (TPSA) is 38.0 Å². The maximum Gasteiger partial charge on any atom is 0.00738 e. The van der Waals surface area contributed by atoms with Crippen LogP contribution in [0.1, 0.15) is 26.2 Å². The van der Waals surface area contributed by atoms with Crippen molar-refractivity contribution in [1.82, 2.24) is 5.32 Å². The summed E-state index contributed by atoms with van der Waals surface area (Å²) >= 11 is 2.13. The van der Waals surface area contributed by atoms with Gasteiger partial charge in [0.15, 0.2) is 0 Å². The lowest BCUT2D eigenvalue weighted by Gasteiger charge is -2.24. The molecule has 0 aliphatic carbocycles. The fourth-order valence-electron chi connectivity index (χ4n) is 1.56. The Kier molecular flexibility index (Phi) is 5.04. The summed E-state index contributed by atoms with van der Waals surface area (Å²) in [4.78, 5) is 0. The zero-order valence-electron chi connectivity index (χ0n) is 7.88. The predicted molar refractivity (Wildman–Crippen MR) is 56.6 cm³/mol. The molecule has 0 spiro atoms. The summed E-state index contributed by atoms with van der Waals surface area (Å²) in [6, 6.07) is 0. The average Bonchev–Trinajstić information content (AvgIpc) is 2.06. The van der Waals surface area contributed by atoms with Crippen LogP contribution in [-0.2, 0) is 0 Å². The van der Waals surface area contributed by atoms with E-state index in [2.05, 4.69) is 24.0 Å². The van der Waals surface area contributed by atoms with E-state index in [1.807, 2.05) is 0 Å². The molecule has 0 aromatic carbocycles. The smallest absolute Gasteiger partial charge is 0.00738 e. The van der Waals surface area contributed by atoms with Gasteiger partial charge in [-0.3, -0.25) is 0 Å². The first-order valence-corrected chi connectivity index (χ1v) is 5.83. The number of thioether (sulfide) groups is 1. The molecular weight excluding hydrogens is 168 g/mol. The molecule has 3 heteroatoms. The molecule has 72 valence electrons. The quantitative estimate of drug-likeness (QED) is 0.696. The van der Waals surface area contributed by atoms with Crippen molar-refractivity contribution in [3.63, 3.8) is 0 Å². The van der Waals surface area contributed by atoms with Gasteiger partial charge in [0.25, 0.3) is 0 Å². The van der Waals surface area contributed by atoms with E-state index in [0.717, 1.165) is 23.5 Å². The summed E-state index contributed by atoms with van der Waals surface area (Å²) in [7, 11) is 0. The number of hydrogen-bond acceptors (Lipinski definition) is 3. The minimum Gasteiger partial charge on any atom is -0.330 e. The van der Waals surface area contributed by atoms with E-state index < -0.39 is 0 Å². The molecule has 3 N–H and O–H groups in total. The summed E-state index contributed by atoms with van der Waals surface area (Å²) in [5.74, 6) is 0. The van der Waals surface area contributed by atoms with Crippen LogP contribution >= 0.6 is 11.8 Å². The fraction of sp³-hybridized carbons (Fsp3) is 1.00. The molecule has 0 bridgehead atoms. The minimum absolute atomic E-state index is 0.748. The molecule has 1 unspecified atom stereocenters. The maximum absolute atomic E-state index is 5.51. The molecule has 1 atom stereocenters. The normalized spacial score (nSPS) is 22.5. The van der Waals surface area contributed by atoms with Crippen LogP contribution in [0.5, 0.6) is 0 Å². The molecule has 0 aromatic heterocycles. The van der Waals surface area contributed by atoms with Crippen molar-refractivity contribution < 1.29 is 0 Å². The summed E-state index contributed by atoms with van der Waals surface area (Å²) in [5, 5.41) is 5.01. The number of nitrogens with one attached hydrogen (secondary N) is 1. The molecule has 1 heterocycles. The number of piperidine rings is 1. The van der Waals surface area contributed by atoms with Crippen molar-refractivity contribution in [2.75, 3.05) is 19.6 Å². The van der Waals surface area contributed by atoms with Gasteiger partial charge in [0.05, 0.1) is 0 Å². The van der Waals surface area contributed by atoms with E-state index in [1.54, 1.807) is 0 Å². The van der Waals surface area contributed by atoms with Crippen molar-refractivity contribution in [2.24, 2.45) is 5.73 Å². The monoisotopic (exact) mass is 188 g/mol. The molecule has 1 rings (SSSR count). The van der Waals surface area contributed by atoms with Gasteiger partial charge in [0.1, 0.15) is 0 Å². The van der Waals surface area contributed by atoms with Gasteiger partial charge in [-0.2, -0.15) is 11.8 Å². The highest BCUT2D eigenvalue weighted by Gasteiger charge is 2.15. The maximum atomic E-state index is 5.51. The lowest BCUT2D eigenvalue weighted by molar-refractivity contribution is 0.530. The van der Waals surface area contributed by atoms with Gasteiger partial charge >= 0.3 is 0 Å². The Bertz CT molecular complexity index is 113. The Hall–Kier alpha value is 0.270. The first-order chi connectivity index (χ1) is 5.83. The van der Waals surface area contributed by atoms with E-state index >= 15 is 0 Å². The summed E-state index contributed by atoms with van der Waals surface area (Å²) in [6.07, 6.45) is 3.83. The van der Waals surface area contributed by atoms with Gasteiger partial charge in [-0.25, -0.2) is 0 Å². The molecule has 0 radical (unpaired) electrons. The average molecular weight is 188 g/mol. The van der Waals surface area contributed by atoms with Crippen molar-refractivity contribution in [3.05, 3.63) is 0 Å². The Labute approximate surface area is 79.7 Å². The summed E-state index contributed by atoms with van der Waals surface area (Å²) < 4.78 is 0. The lowest BCUT2D eigenvalue weighted by atomic mass is 10.2. The van der Waals surface area contributed by atoms with Crippen LogP contribution < -0.4 is 11.1 Å². The zero-order chi connectivity index (χ0) is 8.81. The van der Waals surface area contributed by atoms with Crippen LogP contribution in [0.4, 0.5) is 0 Å². The molecular formula is C9H20N2S. The highest BCUT2D eigenvalue weighted by molar-refractivity contribution is 8.00. The van der Waals surface area contributed by atoms with E-state index in [0.29, 0.717) is 0 Å². The summed E-state index contributed by atoms with van der Waals surface area (Å²) in [6.45, 7) is 5.53. The molecule has 12 heavy (non-hydrogen) atoms. The first-order valence-electron chi connectivity index (χ1n) is 4.89. The molecule has 1 aliphatic heterocycles. The lowest BCUT2D eigenvalue weighted by Crippen LogP contribution is -2.30. The van der Waals surface area contributed by atoms with Crippen molar-refractivity contribution in [1.29, 1.82) is 0 Å². The molecule has 0 aromatic rings. The second-order valence-corrected chi connectivity index (χ2v) is 5.22. The van der Waals surface area contributed by atoms with Crippen LogP contribution in [0.2, 0.25) is 0 Å². The molecule has 1 fully saturated rings. The Morgan fingerprint density at radius 1 is 1.50 bits per heavy atom. The largest absolute Gasteiger partial charge is 0.330 e. The number of nitrogens with two attached hydrogens (primary N) is 1. The second-order valence-electron chi connectivity index (χ2n) is 3.47. The van der Waals surface area contributed by atoms with Gasteiger partial charge < -0.3 is 11.1 Å². The van der Waals surface area contributed by atoms with Crippen LogP contribution in [0.15, 0.2) is 0 Å². The van der Waals surface area contributed by atoms with Crippen molar-refractivity contribution >= 4 is 11.8 Å². The number of hydrogen-bond donors (Lipinski definition) is 2. The fourth-order valence-corrected chi connectivity index (χ4v) is 3.00. The molecule has 0 amide bonds. The van der Waals surface area contributed by atoms with Crippen LogP contribution in [-0.4, -0.2) is 30.1 Å². The third kappa shape index (κ3) is 3.78. The second kappa shape index (κ2) is 5.84. The molecule has 2 nitrogen and oxygen atoms in total. The SMILES string of the molecule is CC(CCN)SC1CCNCC1. The predicted octanol–water partition coefficient (Wildman–Crippen LogP) is 1.21. The van der Waals surface area contributed by atoms with E-state index in [9.17, 15) is 0 Å². The van der Waals surface area contributed by atoms with Crippen LogP contribution in [0.3, 0.4) is 0 Å². The van der Waals surface area contributed by atoms with Gasteiger partial charge in [-0.1, -0.05) is 6.92 Å². The minimum atomic E-state index is 0.748. The van der Waals surface area contributed by atoms with Gasteiger partial charge in [0.2, 0.25) is 0 Å². The Morgan fingerprint density at radius 3 is 2.75 bits per heavy atom. The zero-order valence-corrected chi connectivity index (χ0v) is 8.70. The number of rotatable bonds is 4.